The van der Waals surface area contributed by atoms with E-state index in [-0.39, 0.29) is 17.0 Å². The maximum absolute atomic E-state index is 14.0. The van der Waals surface area contributed by atoms with Crippen LogP contribution in [0.2, 0.25) is 5.02 Å². The molecule has 4 aromatic rings. The number of hydrogen-bond acceptors (Lipinski definition) is 3. The van der Waals surface area contributed by atoms with E-state index in [1.54, 1.807) is 48.5 Å². The average molecular weight is 473 g/mol. The predicted molar refractivity (Wildman–Crippen MR) is 113 cm³/mol. The second kappa shape index (κ2) is 7.81. The lowest BCUT2D eigenvalue weighted by Crippen LogP contribution is -2.15. The van der Waals surface area contributed by atoms with Crippen molar-refractivity contribution >= 4 is 55.9 Å². The molecule has 0 aliphatic carbocycles. The fourth-order valence-corrected chi connectivity index (χ4v) is 3.40. The third-order valence-electron chi connectivity index (χ3n) is 4.32. The fraction of sp³-hybridized carbons (Fsp3) is 0. The monoisotopic (exact) mass is 471 g/mol. The summed E-state index contributed by atoms with van der Waals surface area (Å²) in [6, 6.07) is 17.1. The van der Waals surface area contributed by atoms with E-state index >= 15 is 0 Å². The van der Waals surface area contributed by atoms with Crippen LogP contribution in [0.5, 0.6) is 0 Å². The fourth-order valence-electron chi connectivity index (χ4n) is 2.91. The summed E-state index contributed by atoms with van der Waals surface area (Å²) in [5, 5.41) is 3.64. The molecule has 0 saturated carbocycles. The van der Waals surface area contributed by atoms with E-state index in [9.17, 15) is 14.0 Å². The van der Waals surface area contributed by atoms with Crippen molar-refractivity contribution in [1.29, 1.82) is 0 Å². The number of carbonyl (C=O) groups excluding carboxylic acids is 2. The molecule has 0 fully saturated rings. The van der Waals surface area contributed by atoms with Crippen LogP contribution in [0.1, 0.15) is 26.5 Å². The number of halogens is 3. The second-order valence-electron chi connectivity index (χ2n) is 6.22. The van der Waals surface area contributed by atoms with Crippen LogP contribution in [0.15, 0.2) is 75.6 Å². The Morgan fingerprint density at radius 1 is 1.00 bits per heavy atom. The van der Waals surface area contributed by atoms with Crippen LogP contribution in [0.25, 0.3) is 11.0 Å². The molecule has 144 valence electrons. The SMILES string of the molecule is O=C(Nc1c(C(=O)c2ccc(Cl)cc2)oc2ccc(Br)cc12)c1ccccc1F. The summed E-state index contributed by atoms with van der Waals surface area (Å²) in [5.41, 5.74) is 0.791. The standard InChI is InChI=1S/C22H12BrClFNO3/c23-13-7-10-18-16(11-13)19(26-22(28)15-3-1-2-4-17(15)25)21(29-18)20(27)12-5-8-14(24)9-6-12/h1-11H,(H,26,28). The number of fused-ring (bicyclic) bond motifs is 1. The molecule has 1 aromatic heterocycles. The summed E-state index contributed by atoms with van der Waals surface area (Å²) >= 11 is 9.27. The lowest BCUT2D eigenvalue weighted by molar-refractivity contribution is 0.101. The van der Waals surface area contributed by atoms with Crippen LogP contribution in [0, 0.1) is 5.82 Å². The number of carbonyl (C=O) groups is 2. The molecule has 1 N–H and O–H groups in total. The van der Waals surface area contributed by atoms with Crippen LogP contribution in [-0.2, 0) is 0 Å². The Hall–Kier alpha value is -2.96. The molecule has 29 heavy (non-hydrogen) atoms. The quantitative estimate of drug-likeness (QED) is 0.346. The summed E-state index contributed by atoms with van der Waals surface area (Å²) in [6.45, 7) is 0. The number of amides is 1. The van der Waals surface area contributed by atoms with Crippen molar-refractivity contribution in [3.05, 3.63) is 98.9 Å². The number of benzene rings is 3. The number of furan rings is 1. The van der Waals surface area contributed by atoms with E-state index in [2.05, 4.69) is 21.2 Å². The van der Waals surface area contributed by atoms with Crippen molar-refractivity contribution < 1.29 is 18.4 Å². The zero-order valence-electron chi connectivity index (χ0n) is 14.7. The van der Waals surface area contributed by atoms with E-state index in [1.165, 1.54) is 18.2 Å². The summed E-state index contributed by atoms with van der Waals surface area (Å²) in [5.74, 6) is -1.83. The van der Waals surface area contributed by atoms with Gasteiger partial charge in [-0.2, -0.15) is 0 Å². The summed E-state index contributed by atoms with van der Waals surface area (Å²) in [7, 11) is 0. The van der Waals surface area contributed by atoms with Gasteiger partial charge in [-0.3, -0.25) is 9.59 Å². The highest BCUT2D eigenvalue weighted by Gasteiger charge is 2.24. The van der Waals surface area contributed by atoms with E-state index < -0.39 is 17.5 Å². The first-order chi connectivity index (χ1) is 13.9. The molecular formula is C22H12BrClFNO3. The molecule has 4 rings (SSSR count). The molecule has 0 unspecified atom stereocenters. The molecule has 1 amide bonds. The van der Waals surface area contributed by atoms with Crippen LogP contribution >= 0.6 is 27.5 Å². The Bertz CT molecular complexity index is 1250. The number of nitrogens with one attached hydrogen (secondary N) is 1. The van der Waals surface area contributed by atoms with E-state index in [1.807, 2.05) is 0 Å². The molecule has 0 atom stereocenters. The van der Waals surface area contributed by atoms with Gasteiger partial charge in [0.25, 0.3) is 5.91 Å². The first kappa shape index (κ1) is 19.4. The third-order valence-corrected chi connectivity index (χ3v) is 5.06. The Kier molecular flexibility index (Phi) is 5.22. The number of hydrogen-bond donors (Lipinski definition) is 1. The lowest BCUT2D eigenvalue weighted by atomic mass is 10.1. The molecule has 3 aromatic carbocycles. The highest BCUT2D eigenvalue weighted by Crippen LogP contribution is 2.35. The Balaban J connectivity index is 1.82. The van der Waals surface area contributed by atoms with Gasteiger partial charge in [0.1, 0.15) is 11.4 Å². The van der Waals surface area contributed by atoms with Crippen molar-refractivity contribution in [2.45, 2.75) is 0 Å². The third kappa shape index (κ3) is 3.81. The van der Waals surface area contributed by atoms with Gasteiger partial charge in [-0.1, -0.05) is 39.7 Å². The van der Waals surface area contributed by atoms with E-state index in [4.69, 9.17) is 16.0 Å². The minimum Gasteiger partial charge on any atom is -0.450 e. The number of anilines is 1. The molecule has 0 aliphatic rings. The molecule has 0 saturated heterocycles. The van der Waals surface area contributed by atoms with E-state index in [0.717, 1.165) is 4.47 Å². The molecule has 4 nitrogen and oxygen atoms in total. The average Bonchev–Trinajstić information content (AvgIpc) is 3.06. The van der Waals surface area contributed by atoms with Crippen molar-refractivity contribution in [2.75, 3.05) is 5.32 Å². The van der Waals surface area contributed by atoms with Crippen molar-refractivity contribution in [3.63, 3.8) is 0 Å². The second-order valence-corrected chi connectivity index (χ2v) is 7.57. The van der Waals surface area contributed by atoms with Crippen LogP contribution < -0.4 is 5.32 Å². The van der Waals surface area contributed by atoms with Gasteiger partial charge in [0, 0.05) is 20.4 Å². The molecule has 0 aliphatic heterocycles. The summed E-state index contributed by atoms with van der Waals surface area (Å²) < 4.78 is 20.5. The predicted octanol–water partition coefficient (Wildman–Crippen LogP) is 6.47. The smallest absolute Gasteiger partial charge is 0.258 e. The normalized spacial score (nSPS) is 10.9. The zero-order chi connectivity index (χ0) is 20.5. The van der Waals surface area contributed by atoms with Gasteiger partial charge < -0.3 is 9.73 Å². The zero-order valence-corrected chi connectivity index (χ0v) is 17.1. The van der Waals surface area contributed by atoms with Gasteiger partial charge in [-0.05, 0) is 54.6 Å². The van der Waals surface area contributed by atoms with Crippen LogP contribution in [0.3, 0.4) is 0 Å². The first-order valence-corrected chi connectivity index (χ1v) is 9.69. The Labute approximate surface area is 178 Å². The van der Waals surface area contributed by atoms with Crippen LogP contribution in [0.4, 0.5) is 10.1 Å². The van der Waals surface area contributed by atoms with Gasteiger partial charge in [-0.25, -0.2) is 4.39 Å². The number of rotatable bonds is 4. The topological polar surface area (TPSA) is 59.3 Å². The maximum Gasteiger partial charge on any atom is 0.258 e. The Morgan fingerprint density at radius 2 is 1.72 bits per heavy atom. The van der Waals surface area contributed by atoms with Gasteiger partial charge in [-0.15, -0.1) is 0 Å². The minimum atomic E-state index is -0.684. The molecule has 7 heteroatoms. The van der Waals surface area contributed by atoms with E-state index in [0.29, 0.717) is 21.6 Å². The van der Waals surface area contributed by atoms with Crippen molar-refractivity contribution in [1.82, 2.24) is 0 Å². The summed E-state index contributed by atoms with van der Waals surface area (Å²) in [4.78, 5) is 25.7. The first-order valence-electron chi connectivity index (χ1n) is 8.52. The highest BCUT2D eigenvalue weighted by molar-refractivity contribution is 9.10. The summed E-state index contributed by atoms with van der Waals surface area (Å²) in [6.07, 6.45) is 0. The highest BCUT2D eigenvalue weighted by atomic mass is 79.9. The minimum absolute atomic E-state index is 0.0508. The maximum atomic E-state index is 14.0. The molecule has 0 spiro atoms. The van der Waals surface area contributed by atoms with Crippen LogP contribution in [-0.4, -0.2) is 11.7 Å². The lowest BCUT2D eigenvalue weighted by Gasteiger charge is -2.07. The molecule has 0 bridgehead atoms. The largest absolute Gasteiger partial charge is 0.450 e. The van der Waals surface area contributed by atoms with Gasteiger partial charge in [0.15, 0.2) is 5.76 Å². The van der Waals surface area contributed by atoms with Gasteiger partial charge >= 0.3 is 0 Å². The molecular weight excluding hydrogens is 461 g/mol. The number of ketones is 1. The van der Waals surface area contributed by atoms with Crippen molar-refractivity contribution in [2.24, 2.45) is 0 Å². The van der Waals surface area contributed by atoms with Gasteiger partial charge in [0.2, 0.25) is 5.78 Å². The van der Waals surface area contributed by atoms with Crippen molar-refractivity contribution in [3.8, 4) is 0 Å². The molecule has 0 radical (unpaired) electrons. The Morgan fingerprint density at radius 3 is 2.45 bits per heavy atom. The molecule has 1 heterocycles. The van der Waals surface area contributed by atoms with Gasteiger partial charge in [0.05, 0.1) is 11.3 Å².